The van der Waals surface area contributed by atoms with Crippen molar-refractivity contribution in [1.29, 1.82) is 0 Å². The molecule has 0 radical (unpaired) electrons. The maximum absolute atomic E-state index is 5.73. The first kappa shape index (κ1) is 11.0. The largest absolute Gasteiger partial charge is 0.326 e. The van der Waals surface area contributed by atoms with Gasteiger partial charge in [-0.1, -0.05) is 13.0 Å². The molecule has 0 aliphatic heterocycles. The van der Waals surface area contributed by atoms with Crippen LogP contribution in [0.15, 0.2) is 28.0 Å². The molecule has 0 aromatic heterocycles. The molecule has 1 rings (SSSR count). The van der Waals surface area contributed by atoms with E-state index in [1.165, 1.54) is 15.4 Å². The molecule has 3 heteroatoms. The lowest BCUT2D eigenvalue weighted by Gasteiger charge is -2.10. The fourth-order valence-corrected chi connectivity index (χ4v) is 2.80. The summed E-state index contributed by atoms with van der Waals surface area (Å²) in [5.74, 6) is 1.10. The third-order valence-electron chi connectivity index (χ3n) is 1.81. The summed E-state index contributed by atoms with van der Waals surface area (Å²) >= 11 is 3.63. The summed E-state index contributed by atoms with van der Waals surface area (Å²) in [6.45, 7) is 2.80. The van der Waals surface area contributed by atoms with Crippen molar-refractivity contribution >= 4 is 23.5 Å². The van der Waals surface area contributed by atoms with Gasteiger partial charge >= 0.3 is 0 Å². The molecule has 1 aromatic carbocycles. The van der Waals surface area contributed by atoms with Crippen LogP contribution in [0.1, 0.15) is 12.5 Å². The van der Waals surface area contributed by atoms with Crippen molar-refractivity contribution in [3.05, 3.63) is 23.8 Å². The van der Waals surface area contributed by atoms with Crippen LogP contribution in [0.4, 0.5) is 0 Å². The number of hydrogen-bond acceptors (Lipinski definition) is 3. The van der Waals surface area contributed by atoms with E-state index in [0.29, 0.717) is 6.54 Å². The standard InChI is InChI=1S/C10H15NS2/c1-3-13-10-6-4-5-9(12-2)8(10)7-11/h4-6H,3,7,11H2,1-2H3. The van der Waals surface area contributed by atoms with Crippen molar-refractivity contribution < 1.29 is 0 Å². The Hall–Kier alpha value is -0.120. The van der Waals surface area contributed by atoms with Crippen molar-refractivity contribution in [2.24, 2.45) is 5.73 Å². The molecule has 0 atom stereocenters. The predicted molar refractivity (Wildman–Crippen MR) is 62.5 cm³/mol. The number of benzene rings is 1. The third kappa shape index (κ3) is 2.66. The van der Waals surface area contributed by atoms with Crippen LogP contribution in [0.25, 0.3) is 0 Å². The summed E-state index contributed by atoms with van der Waals surface area (Å²) in [4.78, 5) is 2.64. The molecule has 0 saturated heterocycles. The van der Waals surface area contributed by atoms with E-state index in [1.807, 2.05) is 11.8 Å². The van der Waals surface area contributed by atoms with Crippen LogP contribution in [-0.2, 0) is 6.54 Å². The van der Waals surface area contributed by atoms with Gasteiger partial charge in [-0.3, -0.25) is 0 Å². The Morgan fingerprint density at radius 2 is 2.00 bits per heavy atom. The molecule has 0 bridgehead atoms. The van der Waals surface area contributed by atoms with E-state index in [2.05, 4.69) is 31.4 Å². The highest BCUT2D eigenvalue weighted by molar-refractivity contribution is 7.99. The van der Waals surface area contributed by atoms with Gasteiger partial charge in [0.1, 0.15) is 0 Å². The van der Waals surface area contributed by atoms with Gasteiger partial charge in [-0.25, -0.2) is 0 Å². The SMILES string of the molecule is CCSc1cccc(SC)c1CN. The molecule has 13 heavy (non-hydrogen) atoms. The second kappa shape index (κ2) is 5.58. The van der Waals surface area contributed by atoms with Crippen molar-refractivity contribution in [2.45, 2.75) is 23.3 Å². The summed E-state index contributed by atoms with van der Waals surface area (Å²) < 4.78 is 0. The third-order valence-corrected chi connectivity index (χ3v) is 3.62. The Kier molecular flexibility index (Phi) is 4.70. The summed E-state index contributed by atoms with van der Waals surface area (Å²) in [6, 6.07) is 6.38. The van der Waals surface area contributed by atoms with Crippen LogP contribution < -0.4 is 5.73 Å². The zero-order valence-corrected chi connectivity index (χ0v) is 9.67. The Labute approximate surface area is 88.5 Å². The first-order valence-corrected chi connectivity index (χ1v) is 6.53. The Morgan fingerprint density at radius 3 is 2.54 bits per heavy atom. The molecule has 0 fully saturated rings. The monoisotopic (exact) mass is 213 g/mol. The van der Waals surface area contributed by atoms with Gasteiger partial charge in [-0.15, -0.1) is 23.5 Å². The van der Waals surface area contributed by atoms with E-state index in [1.54, 1.807) is 11.8 Å². The average Bonchev–Trinajstić information content (AvgIpc) is 2.18. The number of rotatable bonds is 4. The van der Waals surface area contributed by atoms with Crippen molar-refractivity contribution in [1.82, 2.24) is 0 Å². The van der Waals surface area contributed by atoms with Gasteiger partial charge in [0.25, 0.3) is 0 Å². The lowest BCUT2D eigenvalue weighted by atomic mass is 10.2. The second-order valence-electron chi connectivity index (χ2n) is 2.57. The lowest BCUT2D eigenvalue weighted by Crippen LogP contribution is -2.00. The molecule has 0 aliphatic carbocycles. The quantitative estimate of drug-likeness (QED) is 0.779. The lowest BCUT2D eigenvalue weighted by molar-refractivity contribution is 0.981. The maximum Gasteiger partial charge on any atom is 0.0200 e. The van der Waals surface area contributed by atoms with Crippen LogP contribution in [0.3, 0.4) is 0 Å². The fraction of sp³-hybridized carbons (Fsp3) is 0.400. The normalized spacial score (nSPS) is 10.4. The van der Waals surface area contributed by atoms with E-state index < -0.39 is 0 Å². The van der Waals surface area contributed by atoms with Gasteiger partial charge < -0.3 is 5.73 Å². The predicted octanol–water partition coefficient (Wildman–Crippen LogP) is 2.98. The molecule has 0 heterocycles. The molecule has 0 amide bonds. The molecule has 72 valence electrons. The highest BCUT2D eigenvalue weighted by Crippen LogP contribution is 2.29. The summed E-state index contributed by atoms with van der Waals surface area (Å²) in [5.41, 5.74) is 7.02. The van der Waals surface area contributed by atoms with E-state index >= 15 is 0 Å². The van der Waals surface area contributed by atoms with Gasteiger partial charge in [0.2, 0.25) is 0 Å². The zero-order valence-electron chi connectivity index (χ0n) is 8.04. The number of thioether (sulfide) groups is 2. The smallest absolute Gasteiger partial charge is 0.0200 e. The number of nitrogens with two attached hydrogens (primary N) is 1. The van der Waals surface area contributed by atoms with Crippen LogP contribution >= 0.6 is 23.5 Å². The second-order valence-corrected chi connectivity index (χ2v) is 4.73. The molecule has 0 aliphatic rings. The molecule has 0 unspecified atom stereocenters. The van der Waals surface area contributed by atoms with Crippen molar-refractivity contribution in [3.8, 4) is 0 Å². The minimum Gasteiger partial charge on any atom is -0.326 e. The topological polar surface area (TPSA) is 26.0 Å². The minimum absolute atomic E-state index is 0.638. The molecule has 2 N–H and O–H groups in total. The maximum atomic E-state index is 5.73. The number of hydrogen-bond donors (Lipinski definition) is 1. The summed E-state index contributed by atoms with van der Waals surface area (Å²) in [6.07, 6.45) is 2.09. The van der Waals surface area contributed by atoms with Crippen LogP contribution in [0.2, 0.25) is 0 Å². The summed E-state index contributed by atoms with van der Waals surface area (Å²) in [7, 11) is 0. The van der Waals surface area contributed by atoms with Gasteiger partial charge in [-0.05, 0) is 29.7 Å². The molecule has 0 spiro atoms. The Morgan fingerprint density at radius 1 is 1.31 bits per heavy atom. The van der Waals surface area contributed by atoms with Crippen LogP contribution in [0.5, 0.6) is 0 Å². The van der Waals surface area contributed by atoms with Crippen LogP contribution in [0, 0.1) is 0 Å². The highest BCUT2D eigenvalue weighted by Gasteiger charge is 2.05. The van der Waals surface area contributed by atoms with Gasteiger partial charge in [0.15, 0.2) is 0 Å². The van der Waals surface area contributed by atoms with Crippen molar-refractivity contribution in [3.63, 3.8) is 0 Å². The van der Waals surface area contributed by atoms with E-state index in [-0.39, 0.29) is 0 Å². The van der Waals surface area contributed by atoms with Crippen molar-refractivity contribution in [2.75, 3.05) is 12.0 Å². The fourth-order valence-electron chi connectivity index (χ4n) is 1.23. The molecule has 1 aromatic rings. The Bertz CT molecular complexity index is 274. The van der Waals surface area contributed by atoms with Crippen LogP contribution in [-0.4, -0.2) is 12.0 Å². The molecule has 1 nitrogen and oxygen atoms in total. The van der Waals surface area contributed by atoms with E-state index in [9.17, 15) is 0 Å². The molecular weight excluding hydrogens is 198 g/mol. The average molecular weight is 213 g/mol. The van der Waals surface area contributed by atoms with Gasteiger partial charge in [-0.2, -0.15) is 0 Å². The highest BCUT2D eigenvalue weighted by atomic mass is 32.2. The first-order chi connectivity index (χ1) is 6.33. The minimum atomic E-state index is 0.638. The Balaban J connectivity index is 3.03. The molecular formula is C10H15NS2. The first-order valence-electron chi connectivity index (χ1n) is 4.32. The van der Waals surface area contributed by atoms with E-state index in [4.69, 9.17) is 5.73 Å². The molecule has 0 saturated carbocycles. The van der Waals surface area contributed by atoms with Gasteiger partial charge in [0, 0.05) is 16.3 Å². The van der Waals surface area contributed by atoms with E-state index in [0.717, 1.165) is 5.75 Å². The summed E-state index contributed by atoms with van der Waals surface area (Å²) in [5, 5.41) is 0. The zero-order chi connectivity index (χ0) is 9.68. The van der Waals surface area contributed by atoms with Gasteiger partial charge in [0.05, 0.1) is 0 Å².